The van der Waals surface area contributed by atoms with Gasteiger partial charge in [-0.2, -0.15) is 4.37 Å². The molecule has 84 valence electrons. The molecule has 3 N–H and O–H groups in total. The maximum absolute atomic E-state index is 11.8. The van der Waals surface area contributed by atoms with Gasteiger partial charge in [-0.25, -0.2) is 9.97 Å². The zero-order valence-electron chi connectivity index (χ0n) is 8.64. The molecular weight excluding hydrogens is 246 g/mol. The number of nitrogens with one attached hydrogen (secondary N) is 1. The summed E-state index contributed by atoms with van der Waals surface area (Å²) in [6.07, 6.45) is 0. The molecule has 2 heterocycles. The second-order valence-corrected chi connectivity index (χ2v) is 4.85. The van der Waals surface area contributed by atoms with Crippen molar-refractivity contribution in [2.24, 2.45) is 0 Å². The van der Waals surface area contributed by atoms with Gasteiger partial charge in [-0.15, -0.1) is 0 Å². The minimum absolute atomic E-state index is 0.247. The summed E-state index contributed by atoms with van der Waals surface area (Å²) in [4.78, 5) is 20.3. The van der Waals surface area contributed by atoms with Crippen LogP contribution in [0.25, 0.3) is 0 Å². The molecule has 2 rings (SSSR count). The molecular formula is C8H9N5OS2. The van der Waals surface area contributed by atoms with Gasteiger partial charge < -0.3 is 5.73 Å². The highest BCUT2D eigenvalue weighted by Gasteiger charge is 2.15. The largest absolute Gasteiger partial charge is 0.375 e. The number of aromatic nitrogens is 3. The first kappa shape index (κ1) is 11.0. The molecule has 8 heteroatoms. The van der Waals surface area contributed by atoms with Crippen LogP contribution in [0.1, 0.15) is 21.2 Å². The number of amides is 1. The maximum Gasteiger partial charge on any atom is 0.269 e. The van der Waals surface area contributed by atoms with Gasteiger partial charge in [0.1, 0.15) is 10.7 Å². The second-order valence-electron chi connectivity index (χ2n) is 3.07. The van der Waals surface area contributed by atoms with Gasteiger partial charge in [-0.1, -0.05) is 11.3 Å². The third kappa shape index (κ3) is 2.17. The summed E-state index contributed by atoms with van der Waals surface area (Å²) in [5.74, 6) is 0.392. The molecule has 1 amide bonds. The highest BCUT2D eigenvalue weighted by atomic mass is 32.1. The number of nitrogens with zero attached hydrogens (tertiary/aromatic N) is 3. The fourth-order valence-electron chi connectivity index (χ4n) is 1.13. The van der Waals surface area contributed by atoms with Crippen LogP contribution in [0.15, 0.2) is 0 Å². The van der Waals surface area contributed by atoms with E-state index in [1.54, 1.807) is 13.8 Å². The van der Waals surface area contributed by atoms with Crippen LogP contribution in [-0.2, 0) is 0 Å². The first-order valence-electron chi connectivity index (χ1n) is 4.41. The maximum atomic E-state index is 11.8. The topological polar surface area (TPSA) is 93.8 Å². The highest BCUT2D eigenvalue weighted by Crippen LogP contribution is 2.21. The monoisotopic (exact) mass is 255 g/mol. The Morgan fingerprint density at radius 1 is 1.38 bits per heavy atom. The summed E-state index contributed by atoms with van der Waals surface area (Å²) < 4.78 is 3.97. The molecule has 0 aromatic carbocycles. The van der Waals surface area contributed by atoms with Crippen molar-refractivity contribution in [2.45, 2.75) is 13.8 Å². The Labute approximate surface area is 99.7 Å². The number of aryl methyl sites for hydroxylation is 2. The molecule has 0 unspecified atom stereocenters. The number of carbonyl (C=O) groups excluding carboxylic acids is 1. The van der Waals surface area contributed by atoms with Gasteiger partial charge in [-0.05, 0) is 13.8 Å². The van der Waals surface area contributed by atoms with Crippen molar-refractivity contribution in [1.82, 2.24) is 14.3 Å². The predicted molar refractivity (Wildman–Crippen MR) is 63.9 cm³/mol. The van der Waals surface area contributed by atoms with Gasteiger partial charge in [0.05, 0.1) is 5.69 Å². The molecule has 0 radical (unpaired) electrons. The molecule has 0 aliphatic rings. The van der Waals surface area contributed by atoms with Crippen molar-refractivity contribution < 1.29 is 4.79 Å². The third-order valence-electron chi connectivity index (χ3n) is 1.77. The van der Waals surface area contributed by atoms with Crippen LogP contribution in [0, 0.1) is 13.8 Å². The molecule has 0 atom stereocenters. The fourth-order valence-corrected chi connectivity index (χ4v) is 2.43. The molecule has 2 aromatic heterocycles. The Morgan fingerprint density at radius 2 is 2.12 bits per heavy atom. The van der Waals surface area contributed by atoms with Crippen LogP contribution >= 0.6 is 22.9 Å². The number of hydrogen-bond acceptors (Lipinski definition) is 7. The number of rotatable bonds is 2. The van der Waals surface area contributed by atoms with Gasteiger partial charge in [-0.3, -0.25) is 10.1 Å². The van der Waals surface area contributed by atoms with Crippen LogP contribution in [0.2, 0.25) is 0 Å². The minimum atomic E-state index is -0.247. The van der Waals surface area contributed by atoms with Gasteiger partial charge in [0.15, 0.2) is 5.13 Å². The molecule has 0 bridgehead atoms. The molecule has 2 aromatic rings. The van der Waals surface area contributed by atoms with E-state index in [9.17, 15) is 4.79 Å². The van der Waals surface area contributed by atoms with E-state index >= 15 is 0 Å². The molecule has 0 fully saturated rings. The zero-order chi connectivity index (χ0) is 11.7. The number of hydrogen-bond donors (Lipinski definition) is 2. The smallest absolute Gasteiger partial charge is 0.269 e. The van der Waals surface area contributed by atoms with Crippen molar-refractivity contribution in [2.75, 3.05) is 11.1 Å². The summed E-state index contributed by atoms with van der Waals surface area (Å²) in [5.41, 5.74) is 6.14. The average molecular weight is 255 g/mol. The van der Waals surface area contributed by atoms with Crippen LogP contribution in [0.5, 0.6) is 0 Å². The van der Waals surface area contributed by atoms with Crippen molar-refractivity contribution >= 4 is 39.0 Å². The van der Waals surface area contributed by atoms with Crippen LogP contribution in [0.4, 0.5) is 10.3 Å². The molecule has 16 heavy (non-hydrogen) atoms. The Kier molecular flexibility index (Phi) is 2.84. The van der Waals surface area contributed by atoms with E-state index in [1.165, 1.54) is 0 Å². The summed E-state index contributed by atoms with van der Waals surface area (Å²) in [6, 6.07) is 0. The van der Waals surface area contributed by atoms with Gasteiger partial charge in [0, 0.05) is 11.5 Å². The molecule has 6 nitrogen and oxygen atoms in total. The molecule has 0 aliphatic heterocycles. The number of anilines is 2. The normalized spacial score (nSPS) is 10.4. The molecule has 0 aliphatic carbocycles. The van der Waals surface area contributed by atoms with E-state index in [2.05, 4.69) is 19.7 Å². The van der Waals surface area contributed by atoms with Gasteiger partial charge >= 0.3 is 0 Å². The van der Waals surface area contributed by atoms with Gasteiger partial charge in [0.25, 0.3) is 5.91 Å². The van der Waals surface area contributed by atoms with Crippen molar-refractivity contribution in [3.63, 3.8) is 0 Å². The third-order valence-corrected chi connectivity index (χ3v) is 3.47. The summed E-state index contributed by atoms with van der Waals surface area (Å²) in [6.45, 7) is 3.51. The minimum Gasteiger partial charge on any atom is -0.375 e. The van der Waals surface area contributed by atoms with E-state index < -0.39 is 0 Å². The van der Waals surface area contributed by atoms with E-state index in [1.807, 2.05) is 0 Å². The van der Waals surface area contributed by atoms with E-state index in [4.69, 9.17) is 5.73 Å². The van der Waals surface area contributed by atoms with E-state index in [0.717, 1.165) is 22.9 Å². The number of thiazole rings is 1. The Bertz CT molecular complexity index is 532. The van der Waals surface area contributed by atoms with Crippen molar-refractivity contribution in [3.8, 4) is 0 Å². The quantitative estimate of drug-likeness (QED) is 0.847. The van der Waals surface area contributed by atoms with Crippen LogP contribution in [-0.4, -0.2) is 20.2 Å². The second kappa shape index (κ2) is 4.14. The lowest BCUT2D eigenvalue weighted by atomic mass is 10.4. The Hall–Kier alpha value is -1.54. The first-order valence-corrected chi connectivity index (χ1v) is 6.00. The summed E-state index contributed by atoms with van der Waals surface area (Å²) in [5, 5.41) is 3.52. The lowest BCUT2D eigenvalue weighted by Gasteiger charge is -1.97. The lowest BCUT2D eigenvalue weighted by Crippen LogP contribution is -2.11. The molecule has 0 saturated heterocycles. The summed E-state index contributed by atoms with van der Waals surface area (Å²) >= 11 is 2.30. The SMILES string of the molecule is Cc1nsc(NC(=O)c2sc(N)nc2C)n1. The average Bonchev–Trinajstić information content (AvgIpc) is 2.73. The number of nitrogen functional groups attached to an aromatic ring is 1. The zero-order valence-corrected chi connectivity index (χ0v) is 10.3. The van der Waals surface area contributed by atoms with Crippen molar-refractivity contribution in [3.05, 3.63) is 16.4 Å². The van der Waals surface area contributed by atoms with E-state index in [0.29, 0.717) is 26.7 Å². The Balaban J connectivity index is 2.17. The van der Waals surface area contributed by atoms with Crippen LogP contribution in [0.3, 0.4) is 0 Å². The Morgan fingerprint density at radius 3 is 2.62 bits per heavy atom. The highest BCUT2D eigenvalue weighted by molar-refractivity contribution is 7.17. The van der Waals surface area contributed by atoms with Gasteiger partial charge in [0.2, 0.25) is 5.13 Å². The molecule has 0 saturated carbocycles. The van der Waals surface area contributed by atoms with Crippen LogP contribution < -0.4 is 11.1 Å². The predicted octanol–water partition coefficient (Wildman–Crippen LogP) is 1.45. The number of nitrogens with two attached hydrogens (primary N) is 1. The summed E-state index contributed by atoms with van der Waals surface area (Å²) in [7, 11) is 0. The standard InChI is InChI=1S/C8H9N5OS2/c1-3-5(15-7(9)10-3)6(14)12-8-11-4(2)13-16-8/h1-2H3,(H2,9,10)(H,11,12,13,14). The lowest BCUT2D eigenvalue weighted by molar-refractivity contribution is 0.103. The molecule has 0 spiro atoms. The first-order chi connectivity index (χ1) is 7.56. The van der Waals surface area contributed by atoms with E-state index in [-0.39, 0.29) is 5.91 Å². The fraction of sp³-hybridized carbons (Fsp3) is 0.250. The number of carbonyl (C=O) groups is 1. The van der Waals surface area contributed by atoms with Crippen molar-refractivity contribution in [1.29, 1.82) is 0 Å².